The second kappa shape index (κ2) is 6.75. The van der Waals surface area contributed by atoms with Crippen LogP contribution in [0.4, 0.5) is 0 Å². The highest BCUT2D eigenvalue weighted by molar-refractivity contribution is 8.13. The van der Waals surface area contributed by atoms with Crippen molar-refractivity contribution < 1.29 is 9.53 Å². The van der Waals surface area contributed by atoms with Gasteiger partial charge in [-0.2, -0.15) is 0 Å². The number of aliphatic imine (C=N–C) groups is 1. The van der Waals surface area contributed by atoms with E-state index in [0.29, 0.717) is 11.6 Å². The van der Waals surface area contributed by atoms with Gasteiger partial charge in [-0.15, -0.1) is 0 Å². The molecule has 2 rings (SSSR count). The van der Waals surface area contributed by atoms with E-state index in [0.717, 1.165) is 16.9 Å². The average Bonchev–Trinajstić information content (AvgIpc) is 2.46. The number of carbonyl (C=O) groups excluding carboxylic acids is 1. The molecule has 0 spiro atoms. The molecule has 1 aromatic carbocycles. The van der Waals surface area contributed by atoms with Gasteiger partial charge in [-0.3, -0.25) is 5.73 Å². The van der Waals surface area contributed by atoms with Crippen LogP contribution in [-0.2, 0) is 15.2 Å². The molecule has 21 heavy (non-hydrogen) atoms. The van der Waals surface area contributed by atoms with Crippen LogP contribution in [0.25, 0.3) is 6.08 Å². The first-order valence-corrected chi connectivity index (χ1v) is 7.44. The molecule has 1 atom stereocenters. The second-order valence-corrected chi connectivity index (χ2v) is 5.68. The van der Waals surface area contributed by atoms with Gasteiger partial charge in [-0.1, -0.05) is 30.0 Å². The van der Waals surface area contributed by atoms with Crippen LogP contribution < -0.4 is 17.2 Å². The number of hydrogen-bond donors (Lipinski definition) is 3. The molecule has 0 fully saturated rings. The van der Waals surface area contributed by atoms with Gasteiger partial charge in [0, 0.05) is 11.8 Å². The Labute approximate surface area is 127 Å². The van der Waals surface area contributed by atoms with Crippen LogP contribution in [-0.4, -0.2) is 23.6 Å². The average molecular weight is 306 g/mol. The number of nitrogens with two attached hydrogens (primary N) is 3. The van der Waals surface area contributed by atoms with Gasteiger partial charge >= 0.3 is 5.97 Å². The third-order valence-corrected chi connectivity index (χ3v) is 3.86. The fourth-order valence-electron chi connectivity index (χ4n) is 2.01. The van der Waals surface area contributed by atoms with Crippen LogP contribution in [0.15, 0.2) is 35.3 Å². The lowest BCUT2D eigenvalue weighted by atomic mass is 9.96. The van der Waals surface area contributed by atoms with Crippen LogP contribution in [0.1, 0.15) is 17.5 Å². The molecule has 1 unspecified atom stereocenters. The minimum Gasteiger partial charge on any atom is -0.447 e. The molecule has 0 aromatic heterocycles. The predicted octanol–water partition coefficient (Wildman–Crippen LogP) is 0.722. The lowest BCUT2D eigenvalue weighted by Gasteiger charge is -2.29. The van der Waals surface area contributed by atoms with E-state index in [-0.39, 0.29) is 6.73 Å². The topological polar surface area (TPSA) is 117 Å². The van der Waals surface area contributed by atoms with Crippen molar-refractivity contribution >= 4 is 29.0 Å². The van der Waals surface area contributed by atoms with E-state index < -0.39 is 11.6 Å². The standard InChI is InChI=1S/C14H18N4O2S/c15-9-20-12(19)5-4-10-2-1-3-11(8-10)14(17)6-7-21-13(16)18-14/h1-5,8H,6-7,9,15,17H2,(H2,16,18)/b5-4+. The maximum atomic E-state index is 11.3. The summed E-state index contributed by atoms with van der Waals surface area (Å²) in [6.07, 6.45) is 3.68. The Morgan fingerprint density at radius 3 is 3.05 bits per heavy atom. The molecule has 1 aromatic rings. The van der Waals surface area contributed by atoms with Gasteiger partial charge in [0.2, 0.25) is 0 Å². The highest BCUT2D eigenvalue weighted by Gasteiger charge is 2.29. The number of thioether (sulfide) groups is 1. The van der Waals surface area contributed by atoms with E-state index in [1.54, 1.807) is 6.08 Å². The molecule has 1 aliphatic rings. The molecule has 0 radical (unpaired) electrons. The van der Waals surface area contributed by atoms with Crippen molar-refractivity contribution in [2.45, 2.75) is 12.1 Å². The minimum absolute atomic E-state index is 0.138. The number of amidine groups is 1. The maximum Gasteiger partial charge on any atom is 0.332 e. The molecule has 0 bridgehead atoms. The lowest BCUT2D eigenvalue weighted by molar-refractivity contribution is -0.137. The van der Waals surface area contributed by atoms with Gasteiger partial charge in [0.05, 0.1) is 0 Å². The third-order valence-electron chi connectivity index (χ3n) is 3.07. The Morgan fingerprint density at radius 1 is 1.52 bits per heavy atom. The van der Waals surface area contributed by atoms with Gasteiger partial charge in [-0.05, 0) is 29.7 Å². The van der Waals surface area contributed by atoms with E-state index in [9.17, 15) is 4.79 Å². The Balaban J connectivity index is 2.22. The Bertz CT molecular complexity index is 588. The highest BCUT2D eigenvalue weighted by atomic mass is 32.2. The zero-order chi connectivity index (χ0) is 15.3. The summed E-state index contributed by atoms with van der Waals surface area (Å²) in [5, 5.41) is 0.496. The summed E-state index contributed by atoms with van der Waals surface area (Å²) in [4.78, 5) is 15.6. The Morgan fingerprint density at radius 2 is 2.33 bits per heavy atom. The van der Waals surface area contributed by atoms with Crippen LogP contribution in [0.3, 0.4) is 0 Å². The normalized spacial score (nSPS) is 22.1. The molecule has 6 N–H and O–H groups in total. The number of rotatable bonds is 4. The molecule has 112 valence electrons. The van der Waals surface area contributed by atoms with E-state index in [2.05, 4.69) is 9.73 Å². The van der Waals surface area contributed by atoms with Gasteiger partial charge in [0.1, 0.15) is 12.4 Å². The highest BCUT2D eigenvalue weighted by Crippen LogP contribution is 2.31. The van der Waals surface area contributed by atoms with Crippen molar-refractivity contribution in [2.75, 3.05) is 12.5 Å². The molecule has 0 saturated heterocycles. The smallest absolute Gasteiger partial charge is 0.332 e. The fraction of sp³-hybridized carbons (Fsp3) is 0.286. The quantitative estimate of drug-likeness (QED) is 0.429. The van der Waals surface area contributed by atoms with Crippen molar-refractivity contribution in [1.29, 1.82) is 0 Å². The molecule has 6 nitrogen and oxygen atoms in total. The maximum absolute atomic E-state index is 11.3. The number of esters is 1. The van der Waals surface area contributed by atoms with Crippen LogP contribution in [0, 0.1) is 0 Å². The van der Waals surface area contributed by atoms with Crippen LogP contribution in [0.2, 0.25) is 0 Å². The molecular formula is C14H18N4O2S. The van der Waals surface area contributed by atoms with Gasteiger partial charge in [-0.25, -0.2) is 9.79 Å². The number of ether oxygens (including phenoxy) is 1. The largest absolute Gasteiger partial charge is 0.447 e. The third kappa shape index (κ3) is 4.07. The zero-order valence-corrected chi connectivity index (χ0v) is 12.3. The zero-order valence-electron chi connectivity index (χ0n) is 11.5. The lowest BCUT2D eigenvalue weighted by Crippen LogP contribution is -2.39. The summed E-state index contributed by atoms with van der Waals surface area (Å²) < 4.78 is 4.63. The first-order valence-electron chi connectivity index (χ1n) is 6.46. The molecule has 0 saturated carbocycles. The van der Waals surface area contributed by atoms with Gasteiger partial charge in [0.25, 0.3) is 0 Å². The van der Waals surface area contributed by atoms with Gasteiger partial charge in [0.15, 0.2) is 5.17 Å². The Hall–Kier alpha value is -1.83. The monoisotopic (exact) mass is 306 g/mol. The van der Waals surface area contributed by atoms with Crippen molar-refractivity contribution in [1.82, 2.24) is 0 Å². The molecule has 0 amide bonds. The van der Waals surface area contributed by atoms with E-state index in [4.69, 9.17) is 17.2 Å². The molecule has 7 heteroatoms. The van der Waals surface area contributed by atoms with Crippen LogP contribution in [0.5, 0.6) is 0 Å². The van der Waals surface area contributed by atoms with Crippen molar-refractivity contribution in [3.05, 3.63) is 41.5 Å². The summed E-state index contributed by atoms with van der Waals surface area (Å²) in [7, 11) is 0. The minimum atomic E-state index is -0.809. The summed E-state index contributed by atoms with van der Waals surface area (Å²) in [6, 6.07) is 7.52. The second-order valence-electron chi connectivity index (χ2n) is 4.56. The van der Waals surface area contributed by atoms with E-state index in [1.165, 1.54) is 17.8 Å². The fourth-order valence-corrected chi connectivity index (χ4v) is 2.86. The molecule has 1 heterocycles. The first kappa shape index (κ1) is 15.6. The molecule has 1 aliphatic heterocycles. The van der Waals surface area contributed by atoms with Crippen molar-refractivity contribution in [2.24, 2.45) is 22.2 Å². The SMILES string of the molecule is NCOC(=O)/C=C/c1cccc(C2(N)CCSC(N)=N2)c1. The Kier molecular flexibility index (Phi) is 5.00. The van der Waals surface area contributed by atoms with E-state index in [1.807, 2.05) is 24.3 Å². The predicted molar refractivity (Wildman–Crippen MR) is 85.2 cm³/mol. The summed E-state index contributed by atoms with van der Waals surface area (Å²) in [5.41, 5.74) is 18.1. The summed E-state index contributed by atoms with van der Waals surface area (Å²) >= 11 is 1.50. The summed E-state index contributed by atoms with van der Waals surface area (Å²) in [5.74, 6) is 0.344. The first-order chi connectivity index (χ1) is 10.0. The van der Waals surface area contributed by atoms with Crippen molar-refractivity contribution in [3.63, 3.8) is 0 Å². The number of nitrogens with zero attached hydrogens (tertiary/aromatic N) is 1. The van der Waals surface area contributed by atoms with Crippen LogP contribution >= 0.6 is 11.8 Å². The molecular weight excluding hydrogens is 288 g/mol. The number of benzene rings is 1. The molecule has 0 aliphatic carbocycles. The summed E-state index contributed by atoms with van der Waals surface area (Å²) in [6.45, 7) is -0.138. The van der Waals surface area contributed by atoms with E-state index >= 15 is 0 Å². The van der Waals surface area contributed by atoms with Gasteiger partial charge < -0.3 is 16.2 Å². The number of hydrogen-bond acceptors (Lipinski definition) is 7. The number of carbonyl (C=O) groups is 1. The van der Waals surface area contributed by atoms with Crippen molar-refractivity contribution in [3.8, 4) is 0 Å².